The summed E-state index contributed by atoms with van der Waals surface area (Å²) in [5.41, 5.74) is 0.139. The molecule has 1 N–H and O–H groups in total. The topological polar surface area (TPSA) is 64.7 Å². The Hall–Kier alpha value is -2.23. The van der Waals surface area contributed by atoms with Crippen molar-refractivity contribution in [3.8, 4) is 0 Å². The second-order valence-corrected chi connectivity index (χ2v) is 7.68. The Morgan fingerprint density at radius 3 is 2.47 bits per heavy atom. The third-order valence-corrected chi connectivity index (χ3v) is 5.14. The SMILES string of the molecule is Cc1cc(C(F)(F)F)nn1CCC(=O)Nc1nn(Cc2ccc(Cl)c(Cl)c2)cc1Cl. The fraction of sp³-hybridized carbons (Fsp3) is 0.278. The van der Waals surface area contributed by atoms with Gasteiger partial charge >= 0.3 is 6.18 Å². The van der Waals surface area contributed by atoms with Gasteiger partial charge in [-0.2, -0.15) is 23.4 Å². The molecule has 0 saturated heterocycles. The molecule has 3 rings (SSSR count). The first-order valence-electron chi connectivity index (χ1n) is 8.61. The first-order valence-corrected chi connectivity index (χ1v) is 9.74. The van der Waals surface area contributed by atoms with Gasteiger partial charge in [-0.05, 0) is 30.7 Å². The third-order valence-electron chi connectivity index (χ3n) is 4.13. The molecule has 12 heteroatoms. The molecule has 30 heavy (non-hydrogen) atoms. The number of alkyl halides is 3. The smallest absolute Gasteiger partial charge is 0.308 e. The second kappa shape index (κ2) is 8.87. The minimum absolute atomic E-state index is 0.0185. The molecule has 6 nitrogen and oxygen atoms in total. The van der Waals surface area contributed by atoms with Gasteiger partial charge in [0.05, 0.1) is 16.6 Å². The van der Waals surface area contributed by atoms with Gasteiger partial charge in [0.2, 0.25) is 5.91 Å². The quantitative estimate of drug-likeness (QED) is 0.511. The molecular formula is C18H15Cl3F3N5O. The molecule has 0 aliphatic heterocycles. The van der Waals surface area contributed by atoms with Crippen LogP contribution in [0, 0.1) is 6.92 Å². The Balaban J connectivity index is 1.60. The van der Waals surface area contributed by atoms with E-state index >= 15 is 0 Å². The fourth-order valence-corrected chi connectivity index (χ4v) is 3.18. The predicted molar refractivity (Wildman–Crippen MR) is 108 cm³/mol. The number of carbonyl (C=O) groups excluding carboxylic acids is 1. The number of anilines is 1. The van der Waals surface area contributed by atoms with Crippen LogP contribution >= 0.6 is 34.8 Å². The third kappa shape index (κ3) is 5.47. The lowest BCUT2D eigenvalue weighted by Gasteiger charge is -2.06. The highest BCUT2D eigenvalue weighted by atomic mass is 35.5. The van der Waals surface area contributed by atoms with Gasteiger partial charge in [0, 0.05) is 24.9 Å². The summed E-state index contributed by atoms with van der Waals surface area (Å²) in [5, 5.41) is 11.3. The van der Waals surface area contributed by atoms with E-state index in [1.807, 2.05) is 0 Å². The van der Waals surface area contributed by atoms with Crippen LogP contribution in [0.3, 0.4) is 0 Å². The van der Waals surface area contributed by atoms with Gasteiger partial charge in [0.15, 0.2) is 11.5 Å². The van der Waals surface area contributed by atoms with Crippen molar-refractivity contribution in [1.29, 1.82) is 0 Å². The number of aryl methyl sites for hydroxylation is 2. The molecule has 1 aromatic carbocycles. The standard InChI is InChI=1S/C18H15Cl3F3N5O/c1-10-6-15(18(22,23)24)26-29(10)5-4-16(30)25-17-14(21)9-28(27-17)8-11-2-3-12(19)13(20)7-11/h2-3,6-7,9H,4-5,8H2,1H3,(H,25,27,30). The summed E-state index contributed by atoms with van der Waals surface area (Å²) in [6, 6.07) is 6.07. The summed E-state index contributed by atoms with van der Waals surface area (Å²) in [7, 11) is 0. The van der Waals surface area contributed by atoms with Gasteiger partial charge in [0.25, 0.3) is 0 Å². The number of benzene rings is 1. The fourth-order valence-electron chi connectivity index (χ4n) is 2.66. The average molecular weight is 481 g/mol. The molecule has 0 aliphatic carbocycles. The van der Waals surface area contributed by atoms with Crippen LogP contribution in [0.4, 0.5) is 19.0 Å². The molecule has 2 heterocycles. The van der Waals surface area contributed by atoms with Gasteiger partial charge < -0.3 is 5.32 Å². The van der Waals surface area contributed by atoms with E-state index in [2.05, 4.69) is 15.5 Å². The number of amides is 1. The van der Waals surface area contributed by atoms with Gasteiger partial charge in [-0.1, -0.05) is 40.9 Å². The number of hydrogen-bond donors (Lipinski definition) is 1. The van der Waals surface area contributed by atoms with Crippen molar-refractivity contribution in [2.75, 3.05) is 5.32 Å². The average Bonchev–Trinajstić information content (AvgIpc) is 3.19. The van der Waals surface area contributed by atoms with Crippen molar-refractivity contribution in [2.45, 2.75) is 32.6 Å². The lowest BCUT2D eigenvalue weighted by molar-refractivity contribution is -0.141. The van der Waals surface area contributed by atoms with E-state index in [4.69, 9.17) is 34.8 Å². The first-order chi connectivity index (χ1) is 14.0. The highest BCUT2D eigenvalue weighted by Crippen LogP contribution is 2.28. The van der Waals surface area contributed by atoms with E-state index < -0.39 is 17.8 Å². The van der Waals surface area contributed by atoms with Gasteiger partial charge in [-0.3, -0.25) is 14.2 Å². The van der Waals surface area contributed by atoms with Crippen molar-refractivity contribution < 1.29 is 18.0 Å². The molecule has 0 bridgehead atoms. The van der Waals surface area contributed by atoms with Crippen molar-refractivity contribution in [1.82, 2.24) is 19.6 Å². The molecule has 0 spiro atoms. The summed E-state index contributed by atoms with van der Waals surface area (Å²) in [4.78, 5) is 12.2. The van der Waals surface area contributed by atoms with Crippen LogP contribution in [0.15, 0.2) is 30.5 Å². The zero-order chi connectivity index (χ0) is 22.1. The van der Waals surface area contributed by atoms with E-state index in [1.165, 1.54) is 17.8 Å². The summed E-state index contributed by atoms with van der Waals surface area (Å²) in [6.07, 6.45) is -3.10. The molecular weight excluding hydrogens is 466 g/mol. The molecule has 1 amide bonds. The van der Waals surface area contributed by atoms with Gasteiger partial charge in [-0.25, -0.2) is 0 Å². The zero-order valence-electron chi connectivity index (χ0n) is 15.5. The molecule has 0 radical (unpaired) electrons. The Kier molecular flexibility index (Phi) is 6.64. The van der Waals surface area contributed by atoms with Crippen LogP contribution in [-0.4, -0.2) is 25.5 Å². The first kappa shape index (κ1) is 22.5. The molecule has 0 atom stereocenters. The predicted octanol–water partition coefficient (Wildman–Crippen LogP) is 5.44. The monoisotopic (exact) mass is 479 g/mol. The van der Waals surface area contributed by atoms with Crippen LogP contribution in [0.25, 0.3) is 0 Å². The maximum Gasteiger partial charge on any atom is 0.435 e. The number of nitrogens with zero attached hydrogens (tertiary/aromatic N) is 4. The number of rotatable bonds is 6. The summed E-state index contributed by atoms with van der Waals surface area (Å²) in [6.45, 7) is 1.82. The van der Waals surface area contributed by atoms with Crippen LogP contribution in [0.5, 0.6) is 0 Å². The summed E-state index contributed by atoms with van der Waals surface area (Å²) in [5.74, 6) is -0.310. The Bertz CT molecular complexity index is 1080. The lowest BCUT2D eigenvalue weighted by Crippen LogP contribution is -2.17. The van der Waals surface area contributed by atoms with Crippen molar-refractivity contribution >= 4 is 46.5 Å². The Labute approximate surface area is 184 Å². The molecule has 0 fully saturated rings. The van der Waals surface area contributed by atoms with Crippen molar-refractivity contribution in [3.05, 3.63) is 62.5 Å². The van der Waals surface area contributed by atoms with E-state index in [1.54, 1.807) is 18.2 Å². The van der Waals surface area contributed by atoms with Crippen LogP contribution < -0.4 is 5.32 Å². The normalized spacial score (nSPS) is 11.7. The van der Waals surface area contributed by atoms with E-state index in [0.717, 1.165) is 16.3 Å². The summed E-state index contributed by atoms with van der Waals surface area (Å²) >= 11 is 18.0. The molecule has 3 aromatic rings. The molecule has 160 valence electrons. The van der Waals surface area contributed by atoms with Crippen molar-refractivity contribution in [2.24, 2.45) is 0 Å². The summed E-state index contributed by atoms with van der Waals surface area (Å²) < 4.78 is 40.8. The van der Waals surface area contributed by atoms with E-state index in [0.29, 0.717) is 22.3 Å². The van der Waals surface area contributed by atoms with E-state index in [-0.39, 0.29) is 23.8 Å². The number of aromatic nitrogens is 4. The van der Waals surface area contributed by atoms with Crippen LogP contribution in [-0.2, 0) is 24.1 Å². The number of hydrogen-bond acceptors (Lipinski definition) is 3. The molecule has 0 aliphatic rings. The van der Waals surface area contributed by atoms with E-state index in [9.17, 15) is 18.0 Å². The maximum atomic E-state index is 12.7. The molecule has 0 saturated carbocycles. The highest BCUT2D eigenvalue weighted by molar-refractivity contribution is 6.42. The second-order valence-electron chi connectivity index (χ2n) is 6.46. The number of nitrogens with one attached hydrogen (secondary N) is 1. The zero-order valence-corrected chi connectivity index (χ0v) is 17.7. The van der Waals surface area contributed by atoms with Gasteiger partial charge in [0.1, 0.15) is 5.02 Å². The lowest BCUT2D eigenvalue weighted by atomic mass is 10.2. The molecule has 0 unspecified atom stereocenters. The molecule has 2 aromatic heterocycles. The number of carbonyl (C=O) groups is 1. The minimum Gasteiger partial charge on any atom is -0.308 e. The van der Waals surface area contributed by atoms with Gasteiger partial charge in [-0.15, -0.1) is 0 Å². The largest absolute Gasteiger partial charge is 0.435 e. The Morgan fingerprint density at radius 2 is 1.83 bits per heavy atom. The van der Waals surface area contributed by atoms with Crippen LogP contribution in [0.1, 0.15) is 23.4 Å². The van der Waals surface area contributed by atoms with Crippen molar-refractivity contribution in [3.63, 3.8) is 0 Å². The maximum absolute atomic E-state index is 12.7. The minimum atomic E-state index is -4.53. The Morgan fingerprint density at radius 1 is 1.10 bits per heavy atom. The number of halogens is 6. The highest BCUT2D eigenvalue weighted by Gasteiger charge is 2.34. The van der Waals surface area contributed by atoms with Crippen LogP contribution in [0.2, 0.25) is 15.1 Å².